The van der Waals surface area contributed by atoms with Crippen LogP contribution >= 0.6 is 0 Å². The average Bonchev–Trinajstić information content (AvgIpc) is 2.72. The number of carbonyl (C=O) groups is 1. The summed E-state index contributed by atoms with van der Waals surface area (Å²) in [7, 11) is 0. The molecule has 2 rings (SSSR count). The van der Waals surface area contributed by atoms with Gasteiger partial charge in [0.05, 0.1) is 6.10 Å². The van der Waals surface area contributed by atoms with E-state index in [1.807, 2.05) is 18.7 Å². The van der Waals surface area contributed by atoms with Crippen molar-refractivity contribution in [1.82, 2.24) is 9.80 Å². The number of aliphatic hydroxyl groups is 1. The van der Waals surface area contributed by atoms with E-state index < -0.39 is 6.10 Å². The molecular weight excluding hydrogens is 283 g/mol. The van der Waals surface area contributed by atoms with Crippen molar-refractivity contribution in [3.63, 3.8) is 0 Å². The molecule has 1 atom stereocenters. The van der Waals surface area contributed by atoms with Crippen LogP contribution in [0.25, 0.3) is 0 Å². The molecule has 1 aliphatic heterocycles. The summed E-state index contributed by atoms with van der Waals surface area (Å²) in [5, 5.41) is 10.4. The van der Waals surface area contributed by atoms with Gasteiger partial charge in [-0.2, -0.15) is 0 Å². The van der Waals surface area contributed by atoms with Crippen LogP contribution < -0.4 is 0 Å². The largest absolute Gasteiger partial charge is 0.387 e. The number of rotatable bonds is 4. The Kier molecular flexibility index (Phi) is 5.91. The molecule has 1 fully saturated rings. The molecule has 1 aliphatic rings. The number of aliphatic hydroxyl groups excluding tert-OH is 1. The van der Waals surface area contributed by atoms with Gasteiger partial charge in [0.1, 0.15) is 5.82 Å². The lowest BCUT2D eigenvalue weighted by atomic mass is 10.0. The third-order valence-corrected chi connectivity index (χ3v) is 4.27. The van der Waals surface area contributed by atoms with E-state index in [1.165, 1.54) is 12.1 Å². The molecule has 1 amide bonds. The summed E-state index contributed by atoms with van der Waals surface area (Å²) in [4.78, 5) is 15.8. The zero-order valence-corrected chi connectivity index (χ0v) is 13.4. The first-order valence-corrected chi connectivity index (χ1v) is 7.95. The number of hydrogen-bond donors (Lipinski definition) is 1. The van der Waals surface area contributed by atoms with Gasteiger partial charge in [0.15, 0.2) is 0 Å². The van der Waals surface area contributed by atoms with E-state index in [0.717, 1.165) is 37.2 Å². The van der Waals surface area contributed by atoms with Crippen LogP contribution in [-0.2, 0) is 4.79 Å². The van der Waals surface area contributed by atoms with Gasteiger partial charge in [-0.1, -0.05) is 13.0 Å². The highest BCUT2D eigenvalue weighted by Gasteiger charge is 2.21. The summed E-state index contributed by atoms with van der Waals surface area (Å²) in [5.74, 6) is -0.0891. The summed E-state index contributed by atoms with van der Waals surface area (Å²) in [5.41, 5.74) is 1.54. The van der Waals surface area contributed by atoms with Gasteiger partial charge in [0.25, 0.3) is 0 Å². The topological polar surface area (TPSA) is 43.8 Å². The predicted octanol–water partition coefficient (Wildman–Crippen LogP) is 2.11. The Labute approximate surface area is 131 Å². The lowest BCUT2D eigenvalue weighted by molar-refractivity contribution is -0.130. The Hall–Kier alpha value is -1.46. The van der Waals surface area contributed by atoms with Gasteiger partial charge in [-0.3, -0.25) is 9.69 Å². The van der Waals surface area contributed by atoms with E-state index in [1.54, 1.807) is 6.07 Å². The summed E-state index contributed by atoms with van der Waals surface area (Å²) in [6.45, 7) is 7.34. The van der Waals surface area contributed by atoms with Crippen molar-refractivity contribution in [3.05, 3.63) is 35.1 Å². The first kappa shape index (κ1) is 16.9. The van der Waals surface area contributed by atoms with Crippen LogP contribution in [0, 0.1) is 12.7 Å². The number of amides is 1. The van der Waals surface area contributed by atoms with Crippen LogP contribution in [0.3, 0.4) is 0 Å². The Morgan fingerprint density at radius 2 is 2.09 bits per heavy atom. The molecule has 0 saturated carbocycles. The van der Waals surface area contributed by atoms with Crippen molar-refractivity contribution in [3.8, 4) is 0 Å². The Morgan fingerprint density at radius 3 is 2.77 bits per heavy atom. The first-order valence-electron chi connectivity index (χ1n) is 7.95. The number of carbonyl (C=O) groups excluding carboxylic acids is 1. The maximum atomic E-state index is 13.1. The molecule has 0 radical (unpaired) electrons. The van der Waals surface area contributed by atoms with E-state index >= 15 is 0 Å². The maximum absolute atomic E-state index is 13.1. The van der Waals surface area contributed by atoms with E-state index in [2.05, 4.69) is 4.90 Å². The number of benzene rings is 1. The van der Waals surface area contributed by atoms with E-state index in [4.69, 9.17) is 0 Å². The first-order chi connectivity index (χ1) is 10.5. The SMILES string of the molecule is CCC(=O)N1CCCN(CC(O)c2ccc(F)cc2C)CC1. The van der Waals surface area contributed by atoms with Gasteiger partial charge in [0, 0.05) is 39.1 Å². The van der Waals surface area contributed by atoms with Crippen molar-refractivity contribution in [2.45, 2.75) is 32.8 Å². The monoisotopic (exact) mass is 308 g/mol. The number of halogens is 1. The highest BCUT2D eigenvalue weighted by molar-refractivity contribution is 5.75. The second kappa shape index (κ2) is 7.70. The van der Waals surface area contributed by atoms with Crippen molar-refractivity contribution in [2.75, 3.05) is 32.7 Å². The Balaban J connectivity index is 1.94. The van der Waals surface area contributed by atoms with Gasteiger partial charge in [-0.25, -0.2) is 4.39 Å². The van der Waals surface area contributed by atoms with Crippen LogP contribution in [0.4, 0.5) is 4.39 Å². The fourth-order valence-electron chi connectivity index (χ4n) is 2.98. The van der Waals surface area contributed by atoms with Crippen molar-refractivity contribution in [1.29, 1.82) is 0 Å². The van der Waals surface area contributed by atoms with Gasteiger partial charge in [-0.05, 0) is 36.6 Å². The Bertz CT molecular complexity index is 521. The average molecular weight is 308 g/mol. The van der Waals surface area contributed by atoms with Crippen molar-refractivity contribution >= 4 is 5.91 Å². The van der Waals surface area contributed by atoms with E-state index in [0.29, 0.717) is 19.5 Å². The highest BCUT2D eigenvalue weighted by Crippen LogP contribution is 2.20. The van der Waals surface area contributed by atoms with E-state index in [-0.39, 0.29) is 11.7 Å². The van der Waals surface area contributed by atoms with Gasteiger partial charge >= 0.3 is 0 Å². The molecule has 122 valence electrons. The minimum atomic E-state index is -0.631. The molecule has 1 aromatic rings. The molecule has 0 spiro atoms. The molecule has 0 aliphatic carbocycles. The fraction of sp³-hybridized carbons (Fsp3) is 0.588. The molecule has 0 aromatic heterocycles. The third kappa shape index (κ3) is 4.27. The smallest absolute Gasteiger partial charge is 0.222 e. The predicted molar refractivity (Wildman–Crippen MR) is 84.0 cm³/mol. The molecule has 1 heterocycles. The van der Waals surface area contributed by atoms with Crippen molar-refractivity contribution in [2.24, 2.45) is 0 Å². The van der Waals surface area contributed by atoms with Crippen LogP contribution in [-0.4, -0.2) is 53.5 Å². The van der Waals surface area contributed by atoms with Crippen molar-refractivity contribution < 1.29 is 14.3 Å². The summed E-state index contributed by atoms with van der Waals surface area (Å²) in [6.07, 6.45) is 0.826. The highest BCUT2D eigenvalue weighted by atomic mass is 19.1. The molecule has 1 saturated heterocycles. The van der Waals surface area contributed by atoms with E-state index in [9.17, 15) is 14.3 Å². The summed E-state index contributed by atoms with van der Waals surface area (Å²) in [6, 6.07) is 4.48. The second-order valence-electron chi connectivity index (χ2n) is 5.91. The number of β-amino-alcohol motifs (C(OH)–C–C–N with tert-alkyl or cyclic N) is 1. The maximum Gasteiger partial charge on any atom is 0.222 e. The van der Waals surface area contributed by atoms with Gasteiger partial charge in [-0.15, -0.1) is 0 Å². The summed E-state index contributed by atoms with van der Waals surface area (Å²) < 4.78 is 13.1. The zero-order chi connectivity index (χ0) is 16.1. The minimum absolute atomic E-state index is 0.191. The lowest BCUT2D eigenvalue weighted by Gasteiger charge is -2.24. The van der Waals surface area contributed by atoms with Crippen LogP contribution in [0.15, 0.2) is 18.2 Å². The molecule has 4 nitrogen and oxygen atoms in total. The molecule has 1 unspecified atom stereocenters. The van der Waals surface area contributed by atoms with Crippen LogP contribution in [0.1, 0.15) is 37.0 Å². The van der Waals surface area contributed by atoms with Gasteiger partial charge in [0.2, 0.25) is 5.91 Å². The summed E-state index contributed by atoms with van der Waals surface area (Å²) >= 11 is 0. The van der Waals surface area contributed by atoms with Crippen LogP contribution in [0.2, 0.25) is 0 Å². The second-order valence-corrected chi connectivity index (χ2v) is 5.91. The quantitative estimate of drug-likeness (QED) is 0.926. The Morgan fingerprint density at radius 1 is 1.32 bits per heavy atom. The lowest BCUT2D eigenvalue weighted by Crippen LogP contribution is -2.36. The molecule has 22 heavy (non-hydrogen) atoms. The number of aryl methyl sites for hydroxylation is 1. The minimum Gasteiger partial charge on any atom is -0.387 e. The fourth-order valence-corrected chi connectivity index (χ4v) is 2.98. The molecule has 0 bridgehead atoms. The van der Waals surface area contributed by atoms with Gasteiger partial charge < -0.3 is 10.0 Å². The molecule has 1 N–H and O–H groups in total. The zero-order valence-electron chi connectivity index (χ0n) is 13.4. The number of hydrogen-bond acceptors (Lipinski definition) is 3. The van der Waals surface area contributed by atoms with Crippen LogP contribution in [0.5, 0.6) is 0 Å². The third-order valence-electron chi connectivity index (χ3n) is 4.27. The number of nitrogens with zero attached hydrogens (tertiary/aromatic N) is 2. The molecular formula is C17H25FN2O2. The normalized spacial score (nSPS) is 18.1. The standard InChI is InChI=1S/C17H25FN2O2/c1-3-17(22)20-8-4-7-19(9-10-20)12-16(21)15-6-5-14(18)11-13(15)2/h5-6,11,16,21H,3-4,7-10,12H2,1-2H3. The molecule has 5 heteroatoms. The molecule has 1 aromatic carbocycles.